The number of fused-ring (bicyclic) bond motifs is 1. The molecule has 1 amide bonds. The average Bonchev–Trinajstić information content (AvgIpc) is 3.29. The molecule has 1 aromatic carbocycles. The van der Waals surface area contributed by atoms with E-state index in [4.69, 9.17) is 9.84 Å². The highest BCUT2D eigenvalue weighted by Crippen LogP contribution is 2.42. The second-order valence-corrected chi connectivity index (χ2v) is 7.37. The van der Waals surface area contributed by atoms with Gasteiger partial charge in [-0.3, -0.25) is 9.59 Å². The first kappa shape index (κ1) is 15.6. The number of carboxylic acid groups (broad SMARTS) is 1. The number of likely N-dealkylation sites (tertiary alicyclic amines) is 1. The molecule has 5 atom stereocenters. The van der Waals surface area contributed by atoms with Crippen LogP contribution in [0.2, 0.25) is 0 Å². The van der Waals surface area contributed by atoms with Gasteiger partial charge in [0.05, 0.1) is 12.0 Å². The summed E-state index contributed by atoms with van der Waals surface area (Å²) in [6.45, 7) is 1.40. The molecule has 0 radical (unpaired) electrons. The Hall–Kier alpha value is -1.88. The molecule has 5 nitrogen and oxygen atoms in total. The number of ether oxygens (including phenoxy) is 1. The van der Waals surface area contributed by atoms with Crippen molar-refractivity contribution >= 4 is 11.9 Å². The van der Waals surface area contributed by atoms with Crippen LogP contribution in [0.3, 0.4) is 0 Å². The van der Waals surface area contributed by atoms with E-state index in [0.29, 0.717) is 37.8 Å². The molecule has 24 heavy (non-hydrogen) atoms. The second kappa shape index (κ2) is 6.20. The molecular weight excluding hydrogens is 306 g/mol. The highest BCUT2D eigenvalue weighted by Gasteiger charge is 2.46. The molecule has 4 rings (SSSR count). The lowest BCUT2D eigenvalue weighted by atomic mass is 10.0. The van der Waals surface area contributed by atoms with E-state index in [1.54, 1.807) is 0 Å². The van der Waals surface area contributed by atoms with Crippen molar-refractivity contribution in [2.75, 3.05) is 13.1 Å². The van der Waals surface area contributed by atoms with Crippen molar-refractivity contribution in [3.8, 4) is 0 Å². The molecule has 3 fully saturated rings. The summed E-state index contributed by atoms with van der Waals surface area (Å²) in [5.74, 6) is -0.119. The predicted octanol–water partition coefficient (Wildman–Crippen LogP) is 2.48. The van der Waals surface area contributed by atoms with E-state index in [9.17, 15) is 9.59 Å². The van der Waals surface area contributed by atoms with Crippen molar-refractivity contribution in [1.82, 2.24) is 4.90 Å². The molecule has 1 unspecified atom stereocenters. The molecular formula is C19H23NO4. The van der Waals surface area contributed by atoms with E-state index >= 15 is 0 Å². The van der Waals surface area contributed by atoms with Crippen molar-refractivity contribution in [1.29, 1.82) is 0 Å². The zero-order valence-corrected chi connectivity index (χ0v) is 13.6. The lowest BCUT2D eigenvalue weighted by Gasteiger charge is -2.22. The molecule has 0 spiro atoms. The van der Waals surface area contributed by atoms with Gasteiger partial charge in [-0.15, -0.1) is 0 Å². The number of nitrogens with zero attached hydrogens (tertiary/aromatic N) is 1. The molecule has 1 aliphatic carbocycles. The van der Waals surface area contributed by atoms with Crippen LogP contribution in [0.25, 0.3) is 0 Å². The number of benzene rings is 1. The number of aliphatic carboxylic acids is 1. The molecule has 1 aromatic rings. The van der Waals surface area contributed by atoms with Crippen LogP contribution in [-0.4, -0.2) is 41.1 Å². The molecule has 0 bridgehead atoms. The first-order chi connectivity index (χ1) is 11.6. The van der Waals surface area contributed by atoms with Gasteiger partial charge in [0.1, 0.15) is 6.10 Å². The minimum Gasteiger partial charge on any atom is -0.481 e. The molecule has 128 valence electrons. The van der Waals surface area contributed by atoms with Crippen LogP contribution in [-0.2, 0) is 14.3 Å². The maximum Gasteiger partial charge on any atom is 0.306 e. The third-order valence-electron chi connectivity index (χ3n) is 5.88. The minimum absolute atomic E-state index is 0.0126. The molecule has 1 N–H and O–H groups in total. The number of carbonyl (C=O) groups is 2. The summed E-state index contributed by atoms with van der Waals surface area (Å²) in [7, 11) is 0. The van der Waals surface area contributed by atoms with Crippen LogP contribution < -0.4 is 0 Å². The Morgan fingerprint density at radius 2 is 1.71 bits per heavy atom. The summed E-state index contributed by atoms with van der Waals surface area (Å²) >= 11 is 0. The van der Waals surface area contributed by atoms with Crippen molar-refractivity contribution in [3.05, 3.63) is 35.9 Å². The van der Waals surface area contributed by atoms with Crippen LogP contribution >= 0.6 is 0 Å². The first-order valence-electron chi connectivity index (χ1n) is 8.84. The smallest absolute Gasteiger partial charge is 0.306 e. The molecule has 2 aliphatic heterocycles. The molecule has 2 heterocycles. The van der Waals surface area contributed by atoms with E-state index in [0.717, 1.165) is 18.4 Å². The third-order valence-corrected chi connectivity index (χ3v) is 5.88. The number of hydrogen-bond donors (Lipinski definition) is 1. The van der Waals surface area contributed by atoms with Gasteiger partial charge in [-0.2, -0.15) is 0 Å². The van der Waals surface area contributed by atoms with Gasteiger partial charge in [0, 0.05) is 13.1 Å². The minimum atomic E-state index is -0.688. The van der Waals surface area contributed by atoms with Gasteiger partial charge in [-0.25, -0.2) is 0 Å². The van der Waals surface area contributed by atoms with Crippen LogP contribution in [0.15, 0.2) is 30.3 Å². The Morgan fingerprint density at radius 1 is 1.04 bits per heavy atom. The van der Waals surface area contributed by atoms with Crippen LogP contribution in [0, 0.1) is 17.8 Å². The Balaban J connectivity index is 1.34. The van der Waals surface area contributed by atoms with Gasteiger partial charge < -0.3 is 14.7 Å². The fourth-order valence-corrected chi connectivity index (χ4v) is 4.62. The second-order valence-electron chi connectivity index (χ2n) is 7.37. The Bertz CT molecular complexity index is 618. The predicted molar refractivity (Wildman–Crippen MR) is 87.2 cm³/mol. The lowest BCUT2D eigenvalue weighted by Crippen LogP contribution is -2.38. The zero-order chi connectivity index (χ0) is 16.7. The van der Waals surface area contributed by atoms with E-state index < -0.39 is 5.97 Å². The summed E-state index contributed by atoms with van der Waals surface area (Å²) in [6, 6.07) is 10.1. The third kappa shape index (κ3) is 2.81. The lowest BCUT2D eigenvalue weighted by molar-refractivity contribution is -0.142. The van der Waals surface area contributed by atoms with E-state index in [2.05, 4.69) is 0 Å². The Kier molecular flexibility index (Phi) is 4.04. The number of hydrogen-bond acceptors (Lipinski definition) is 3. The number of rotatable bonds is 3. The van der Waals surface area contributed by atoms with E-state index in [1.165, 1.54) is 0 Å². The number of amides is 1. The molecule has 5 heteroatoms. The number of carbonyl (C=O) groups excluding carboxylic acids is 1. The van der Waals surface area contributed by atoms with Crippen molar-refractivity contribution in [2.45, 2.75) is 37.9 Å². The van der Waals surface area contributed by atoms with Crippen LogP contribution in [0.5, 0.6) is 0 Å². The number of carboxylic acids is 1. The zero-order valence-electron chi connectivity index (χ0n) is 13.6. The summed E-state index contributed by atoms with van der Waals surface area (Å²) in [6.07, 6.45) is 2.73. The SMILES string of the molecule is O=C(O)C1C[C@@H]2CN(C(=O)[C@@H]3CC[C@H](c4ccccc4)O3)C[C@@H]2C1. The van der Waals surface area contributed by atoms with Gasteiger partial charge >= 0.3 is 5.97 Å². The maximum atomic E-state index is 12.8. The van der Waals surface area contributed by atoms with Crippen molar-refractivity contribution in [3.63, 3.8) is 0 Å². The maximum absolute atomic E-state index is 12.8. The average molecular weight is 329 g/mol. The molecule has 2 saturated heterocycles. The summed E-state index contributed by atoms with van der Waals surface area (Å²) in [5.41, 5.74) is 1.13. The summed E-state index contributed by atoms with van der Waals surface area (Å²) in [4.78, 5) is 25.8. The Labute approximate surface area is 141 Å². The van der Waals surface area contributed by atoms with E-state index in [-0.39, 0.29) is 24.0 Å². The van der Waals surface area contributed by atoms with Crippen LogP contribution in [0.1, 0.15) is 37.4 Å². The van der Waals surface area contributed by atoms with Crippen LogP contribution in [0.4, 0.5) is 0 Å². The van der Waals surface area contributed by atoms with Crippen molar-refractivity contribution in [2.24, 2.45) is 17.8 Å². The van der Waals surface area contributed by atoms with Gasteiger partial charge in [0.2, 0.25) is 0 Å². The largest absolute Gasteiger partial charge is 0.481 e. The fraction of sp³-hybridized carbons (Fsp3) is 0.579. The highest BCUT2D eigenvalue weighted by molar-refractivity contribution is 5.81. The highest BCUT2D eigenvalue weighted by atomic mass is 16.5. The summed E-state index contributed by atoms with van der Waals surface area (Å²) in [5, 5.41) is 9.15. The van der Waals surface area contributed by atoms with Crippen molar-refractivity contribution < 1.29 is 19.4 Å². The quantitative estimate of drug-likeness (QED) is 0.925. The first-order valence-corrected chi connectivity index (χ1v) is 8.84. The van der Waals surface area contributed by atoms with Gasteiger partial charge in [-0.05, 0) is 43.1 Å². The monoisotopic (exact) mass is 329 g/mol. The normalized spacial score (nSPS) is 35.2. The molecule has 1 saturated carbocycles. The topological polar surface area (TPSA) is 66.8 Å². The fourth-order valence-electron chi connectivity index (χ4n) is 4.62. The van der Waals surface area contributed by atoms with Gasteiger partial charge in [0.25, 0.3) is 5.91 Å². The summed E-state index contributed by atoms with van der Waals surface area (Å²) < 4.78 is 6.02. The standard InChI is InChI=1S/C19H23NO4/c21-18(17-7-6-16(24-17)12-4-2-1-3-5-12)20-10-14-8-13(19(22)23)9-15(14)11-20/h1-5,13-17H,6-11H2,(H,22,23)/t13?,14-,15+,16-,17+/m1/s1. The molecule has 3 aliphatic rings. The van der Waals surface area contributed by atoms with Gasteiger partial charge in [0.15, 0.2) is 0 Å². The van der Waals surface area contributed by atoms with Gasteiger partial charge in [-0.1, -0.05) is 30.3 Å². The molecule has 0 aromatic heterocycles. The van der Waals surface area contributed by atoms with E-state index in [1.807, 2.05) is 35.2 Å². The Morgan fingerprint density at radius 3 is 2.33 bits per heavy atom.